The zero-order valence-electron chi connectivity index (χ0n) is 12.0. The summed E-state index contributed by atoms with van der Waals surface area (Å²) in [6.45, 7) is 0.853. The third-order valence-corrected chi connectivity index (χ3v) is 3.04. The smallest absolute Gasteiger partial charge is 0.236 e. The maximum atomic E-state index is 11.5. The van der Waals surface area contributed by atoms with Crippen LogP contribution in [0.5, 0.6) is 5.75 Å². The molecule has 0 radical (unpaired) electrons. The Morgan fingerprint density at radius 2 is 2.10 bits per heavy atom. The summed E-state index contributed by atoms with van der Waals surface area (Å²) in [5.41, 5.74) is 1.72. The van der Waals surface area contributed by atoms with Gasteiger partial charge in [-0.15, -0.1) is 0 Å². The minimum Gasteiger partial charge on any atom is -0.494 e. The van der Waals surface area contributed by atoms with Gasteiger partial charge in [-0.05, 0) is 12.1 Å². The number of methoxy groups -OCH3 is 1. The van der Waals surface area contributed by atoms with Gasteiger partial charge < -0.3 is 15.0 Å². The number of ether oxygens (including phenoxy) is 1. The van der Waals surface area contributed by atoms with Crippen molar-refractivity contribution < 1.29 is 9.53 Å². The first kappa shape index (κ1) is 14.3. The lowest BCUT2D eigenvalue weighted by molar-refractivity contribution is -0.127. The zero-order valence-corrected chi connectivity index (χ0v) is 12.0. The highest BCUT2D eigenvalue weighted by Crippen LogP contribution is 2.23. The average molecular weight is 273 g/mol. The van der Waals surface area contributed by atoms with Gasteiger partial charge in [0.2, 0.25) is 5.91 Å². The van der Waals surface area contributed by atoms with Crippen molar-refractivity contribution in [3.63, 3.8) is 0 Å². The summed E-state index contributed by atoms with van der Waals surface area (Å²) in [4.78, 5) is 17.6. The van der Waals surface area contributed by atoms with Gasteiger partial charge in [-0.25, -0.2) is 4.98 Å². The van der Waals surface area contributed by atoms with Crippen molar-refractivity contribution in [1.29, 1.82) is 0 Å². The standard InChI is InChI=1S/C15H19N3O2/c1-18(2)14(19)10-16-9-12-8-7-11-5-4-6-13(20-3)15(11)17-12/h4-8,16H,9-10H2,1-3H3. The molecular formula is C15H19N3O2. The summed E-state index contributed by atoms with van der Waals surface area (Å²) in [6.07, 6.45) is 0. The minimum atomic E-state index is 0.0448. The monoisotopic (exact) mass is 273 g/mol. The molecule has 0 saturated carbocycles. The van der Waals surface area contributed by atoms with Crippen molar-refractivity contribution in [2.24, 2.45) is 0 Å². The summed E-state index contributed by atoms with van der Waals surface area (Å²) in [5.74, 6) is 0.803. The molecule has 1 N–H and O–H groups in total. The highest BCUT2D eigenvalue weighted by molar-refractivity contribution is 5.84. The molecule has 2 rings (SSSR count). The number of carbonyl (C=O) groups is 1. The molecule has 20 heavy (non-hydrogen) atoms. The molecule has 0 aliphatic rings. The van der Waals surface area contributed by atoms with E-state index in [2.05, 4.69) is 10.3 Å². The van der Waals surface area contributed by atoms with E-state index < -0.39 is 0 Å². The van der Waals surface area contributed by atoms with Crippen LogP contribution in [0.3, 0.4) is 0 Å². The predicted molar refractivity (Wildman–Crippen MR) is 78.7 cm³/mol. The first-order valence-electron chi connectivity index (χ1n) is 6.45. The topological polar surface area (TPSA) is 54.5 Å². The number of carbonyl (C=O) groups excluding carboxylic acids is 1. The summed E-state index contributed by atoms with van der Waals surface area (Å²) >= 11 is 0. The van der Waals surface area contributed by atoms with E-state index >= 15 is 0 Å². The van der Waals surface area contributed by atoms with Crippen LogP contribution in [0.25, 0.3) is 10.9 Å². The molecule has 5 heteroatoms. The van der Waals surface area contributed by atoms with Crippen LogP contribution in [0.1, 0.15) is 5.69 Å². The van der Waals surface area contributed by atoms with Gasteiger partial charge >= 0.3 is 0 Å². The normalized spacial score (nSPS) is 10.6. The van der Waals surface area contributed by atoms with Crippen LogP contribution < -0.4 is 10.1 Å². The molecule has 0 saturated heterocycles. The Hall–Kier alpha value is -2.14. The molecule has 0 atom stereocenters. The summed E-state index contributed by atoms with van der Waals surface area (Å²) in [7, 11) is 5.11. The van der Waals surface area contributed by atoms with Gasteiger partial charge in [0, 0.05) is 26.0 Å². The van der Waals surface area contributed by atoms with Gasteiger partial charge in [0.15, 0.2) is 0 Å². The Kier molecular flexibility index (Phi) is 4.53. The van der Waals surface area contributed by atoms with Crippen LogP contribution in [0.15, 0.2) is 30.3 Å². The first-order valence-corrected chi connectivity index (χ1v) is 6.45. The number of rotatable bonds is 5. The number of amides is 1. The minimum absolute atomic E-state index is 0.0448. The molecule has 1 heterocycles. The Labute approximate surface area is 118 Å². The number of likely N-dealkylation sites (N-methyl/N-ethyl adjacent to an activating group) is 1. The van der Waals surface area contributed by atoms with E-state index in [4.69, 9.17) is 4.74 Å². The van der Waals surface area contributed by atoms with Crippen molar-refractivity contribution in [2.45, 2.75) is 6.54 Å². The number of nitrogens with zero attached hydrogens (tertiary/aromatic N) is 2. The second-order valence-corrected chi connectivity index (χ2v) is 4.73. The molecule has 1 amide bonds. The lowest BCUT2D eigenvalue weighted by Crippen LogP contribution is -2.32. The van der Waals surface area contributed by atoms with Crippen LogP contribution in [0.2, 0.25) is 0 Å². The molecule has 0 bridgehead atoms. The van der Waals surface area contributed by atoms with Crippen LogP contribution in [-0.4, -0.2) is 43.5 Å². The molecule has 0 unspecified atom stereocenters. The number of hydrogen-bond donors (Lipinski definition) is 1. The zero-order chi connectivity index (χ0) is 14.5. The fourth-order valence-corrected chi connectivity index (χ4v) is 1.88. The average Bonchev–Trinajstić information content (AvgIpc) is 2.46. The number of nitrogens with one attached hydrogen (secondary N) is 1. The quantitative estimate of drug-likeness (QED) is 0.895. The SMILES string of the molecule is COc1cccc2ccc(CNCC(=O)N(C)C)nc12. The van der Waals surface area contributed by atoms with Crippen molar-refractivity contribution >= 4 is 16.8 Å². The predicted octanol–water partition coefficient (Wildman–Crippen LogP) is 1.42. The molecule has 0 aliphatic carbocycles. The Morgan fingerprint density at radius 1 is 1.30 bits per heavy atom. The van der Waals surface area contributed by atoms with Gasteiger partial charge in [-0.3, -0.25) is 4.79 Å². The van der Waals surface area contributed by atoms with E-state index in [1.54, 1.807) is 26.1 Å². The van der Waals surface area contributed by atoms with E-state index in [-0.39, 0.29) is 5.91 Å². The van der Waals surface area contributed by atoms with Crippen LogP contribution in [0, 0.1) is 0 Å². The molecule has 2 aromatic rings. The highest BCUT2D eigenvalue weighted by atomic mass is 16.5. The van der Waals surface area contributed by atoms with E-state index in [1.165, 1.54) is 0 Å². The van der Waals surface area contributed by atoms with Crippen molar-refractivity contribution in [1.82, 2.24) is 15.2 Å². The van der Waals surface area contributed by atoms with Crippen molar-refractivity contribution in [3.8, 4) is 5.75 Å². The van der Waals surface area contributed by atoms with E-state index in [1.807, 2.05) is 30.3 Å². The van der Waals surface area contributed by atoms with Crippen LogP contribution in [0.4, 0.5) is 0 Å². The highest BCUT2D eigenvalue weighted by Gasteiger charge is 2.06. The van der Waals surface area contributed by atoms with Gasteiger partial charge in [0.25, 0.3) is 0 Å². The third-order valence-electron chi connectivity index (χ3n) is 3.04. The fraction of sp³-hybridized carbons (Fsp3) is 0.333. The number of fused-ring (bicyclic) bond motifs is 1. The Balaban J connectivity index is 2.10. The van der Waals surface area contributed by atoms with E-state index in [0.29, 0.717) is 13.1 Å². The summed E-state index contributed by atoms with van der Waals surface area (Å²) in [5, 5.41) is 4.13. The second-order valence-electron chi connectivity index (χ2n) is 4.73. The molecule has 1 aromatic heterocycles. The molecule has 0 fully saturated rings. The molecule has 5 nitrogen and oxygen atoms in total. The van der Waals surface area contributed by atoms with Gasteiger partial charge in [-0.2, -0.15) is 0 Å². The van der Waals surface area contributed by atoms with E-state index in [0.717, 1.165) is 22.3 Å². The van der Waals surface area contributed by atoms with Gasteiger partial charge in [0.1, 0.15) is 11.3 Å². The second kappa shape index (κ2) is 6.34. The third kappa shape index (κ3) is 3.24. The first-order chi connectivity index (χ1) is 9.61. The Morgan fingerprint density at radius 3 is 2.80 bits per heavy atom. The Bertz CT molecular complexity index is 611. The van der Waals surface area contributed by atoms with E-state index in [9.17, 15) is 4.79 Å². The largest absolute Gasteiger partial charge is 0.494 e. The van der Waals surface area contributed by atoms with Crippen LogP contribution in [-0.2, 0) is 11.3 Å². The maximum Gasteiger partial charge on any atom is 0.236 e. The molecule has 106 valence electrons. The fourth-order valence-electron chi connectivity index (χ4n) is 1.88. The number of pyridine rings is 1. The summed E-state index contributed by atoms with van der Waals surface area (Å²) in [6, 6.07) is 9.79. The lowest BCUT2D eigenvalue weighted by atomic mass is 10.2. The van der Waals surface area contributed by atoms with Crippen molar-refractivity contribution in [2.75, 3.05) is 27.7 Å². The van der Waals surface area contributed by atoms with Gasteiger partial charge in [0.05, 0.1) is 19.3 Å². The van der Waals surface area contributed by atoms with Gasteiger partial charge in [-0.1, -0.05) is 18.2 Å². The maximum absolute atomic E-state index is 11.5. The molecular weight excluding hydrogens is 254 g/mol. The number of aromatic nitrogens is 1. The summed E-state index contributed by atoms with van der Waals surface area (Å²) < 4.78 is 5.31. The number of para-hydroxylation sites is 1. The van der Waals surface area contributed by atoms with Crippen LogP contribution >= 0.6 is 0 Å². The number of benzene rings is 1. The number of hydrogen-bond acceptors (Lipinski definition) is 4. The molecule has 1 aromatic carbocycles. The molecule has 0 spiro atoms. The lowest BCUT2D eigenvalue weighted by Gasteiger charge is -2.11. The van der Waals surface area contributed by atoms with Crippen molar-refractivity contribution in [3.05, 3.63) is 36.0 Å². The molecule has 0 aliphatic heterocycles.